The fourth-order valence-electron chi connectivity index (χ4n) is 4.46. The van der Waals surface area contributed by atoms with Crippen molar-refractivity contribution in [2.24, 2.45) is 0 Å². The van der Waals surface area contributed by atoms with Gasteiger partial charge in [0.1, 0.15) is 0 Å². The molecule has 1 aromatic heterocycles. The maximum absolute atomic E-state index is 13.7. The molecule has 0 atom stereocenters. The molecule has 0 amide bonds. The summed E-state index contributed by atoms with van der Waals surface area (Å²) in [6.07, 6.45) is 3.54. The normalized spacial score (nSPS) is 13.6. The van der Waals surface area contributed by atoms with Crippen molar-refractivity contribution in [1.29, 1.82) is 0 Å². The highest BCUT2D eigenvalue weighted by atomic mass is 32.2. The molecule has 168 valence electrons. The smallest absolute Gasteiger partial charge is 0.267 e. The lowest BCUT2D eigenvalue weighted by molar-refractivity contribution is 0.581. The molecule has 4 rings (SSSR count). The summed E-state index contributed by atoms with van der Waals surface area (Å²) in [6.45, 7) is 6.35. The molecule has 2 aromatic carbocycles. The largest absolute Gasteiger partial charge is 0.270 e. The molecule has 7 heteroatoms. The van der Waals surface area contributed by atoms with E-state index in [0.717, 1.165) is 48.1 Å². The van der Waals surface area contributed by atoms with E-state index in [1.165, 1.54) is 8.99 Å². The van der Waals surface area contributed by atoms with Gasteiger partial charge in [-0.15, -0.1) is 0 Å². The number of aromatic nitrogens is 2. The van der Waals surface area contributed by atoms with Crippen LogP contribution >= 0.6 is 0 Å². The second-order valence-corrected chi connectivity index (χ2v) is 9.95. The van der Waals surface area contributed by atoms with Gasteiger partial charge in [-0.05, 0) is 75.8 Å². The lowest BCUT2D eigenvalue weighted by atomic mass is 9.89. The lowest BCUT2D eigenvalue weighted by Gasteiger charge is -2.24. The minimum atomic E-state index is -3.77. The van der Waals surface area contributed by atoms with Crippen molar-refractivity contribution in [3.8, 4) is 11.3 Å². The molecule has 0 fully saturated rings. The molecule has 0 spiro atoms. The molecule has 0 saturated carbocycles. The van der Waals surface area contributed by atoms with Gasteiger partial charge >= 0.3 is 0 Å². The van der Waals surface area contributed by atoms with Gasteiger partial charge in [0, 0.05) is 24.2 Å². The average Bonchev–Trinajstić information content (AvgIpc) is 2.81. The van der Waals surface area contributed by atoms with Crippen LogP contribution in [0.3, 0.4) is 0 Å². The molecule has 1 heterocycles. The van der Waals surface area contributed by atoms with Gasteiger partial charge < -0.3 is 0 Å². The number of hydrogen-bond acceptors (Lipinski definition) is 4. The molecule has 0 aliphatic heterocycles. The van der Waals surface area contributed by atoms with Gasteiger partial charge in [-0.3, -0.25) is 9.10 Å². The van der Waals surface area contributed by atoms with E-state index in [9.17, 15) is 13.2 Å². The Labute approximate surface area is 189 Å². The molecule has 1 aliphatic rings. The second kappa shape index (κ2) is 8.90. The Morgan fingerprint density at radius 2 is 1.69 bits per heavy atom. The van der Waals surface area contributed by atoms with E-state index < -0.39 is 10.0 Å². The van der Waals surface area contributed by atoms with Crippen molar-refractivity contribution in [3.05, 3.63) is 75.6 Å². The molecule has 32 heavy (non-hydrogen) atoms. The minimum Gasteiger partial charge on any atom is -0.267 e. The number of sulfonamides is 1. The summed E-state index contributed by atoms with van der Waals surface area (Å²) in [5.74, 6) is 0. The molecular weight excluding hydrogens is 422 g/mol. The van der Waals surface area contributed by atoms with E-state index in [-0.39, 0.29) is 10.5 Å². The first-order valence-corrected chi connectivity index (χ1v) is 12.6. The Morgan fingerprint density at radius 1 is 1.00 bits per heavy atom. The molecule has 3 aromatic rings. The van der Waals surface area contributed by atoms with Crippen molar-refractivity contribution in [2.75, 3.05) is 10.8 Å². The third kappa shape index (κ3) is 3.86. The number of anilines is 1. The van der Waals surface area contributed by atoms with Gasteiger partial charge in [0.25, 0.3) is 15.6 Å². The number of fused-ring (bicyclic) bond motifs is 1. The molecule has 1 aliphatic carbocycles. The van der Waals surface area contributed by atoms with E-state index in [4.69, 9.17) is 0 Å². The number of para-hydroxylation sites is 1. The van der Waals surface area contributed by atoms with Gasteiger partial charge in [0.05, 0.1) is 16.3 Å². The van der Waals surface area contributed by atoms with Crippen molar-refractivity contribution < 1.29 is 8.42 Å². The standard InChI is InChI=1S/C25H29N3O3S/c1-4-27-25(29)22-14-10-9-13-21(22)24(26-27)19-16-15-18(3)23(17-19)32(30,31)28(5-2)20-11-7-6-8-12-20/h6-8,11-12,15-17H,4-5,9-10,13-14H2,1-3H3. The van der Waals surface area contributed by atoms with E-state index in [0.29, 0.717) is 24.3 Å². The summed E-state index contributed by atoms with van der Waals surface area (Å²) in [5.41, 5.74) is 4.54. The molecule has 0 unspecified atom stereocenters. The summed E-state index contributed by atoms with van der Waals surface area (Å²) in [7, 11) is -3.77. The van der Waals surface area contributed by atoms with E-state index >= 15 is 0 Å². The average molecular weight is 452 g/mol. The molecule has 0 radical (unpaired) electrons. The number of nitrogens with zero attached hydrogens (tertiary/aromatic N) is 3. The van der Waals surface area contributed by atoms with Gasteiger partial charge in [-0.2, -0.15) is 5.10 Å². The van der Waals surface area contributed by atoms with Crippen LogP contribution in [0.2, 0.25) is 0 Å². The summed E-state index contributed by atoms with van der Waals surface area (Å²) in [5, 5.41) is 4.65. The quantitative estimate of drug-likeness (QED) is 0.559. The summed E-state index contributed by atoms with van der Waals surface area (Å²) < 4.78 is 30.3. The van der Waals surface area contributed by atoms with Crippen LogP contribution in [0.1, 0.15) is 43.4 Å². The number of hydrogen-bond donors (Lipinski definition) is 0. The van der Waals surface area contributed by atoms with Crippen LogP contribution in [-0.4, -0.2) is 24.7 Å². The van der Waals surface area contributed by atoms with Gasteiger partial charge in [-0.1, -0.05) is 30.3 Å². The molecule has 0 N–H and O–H groups in total. The highest BCUT2D eigenvalue weighted by molar-refractivity contribution is 7.92. The fourth-order valence-corrected chi connectivity index (χ4v) is 6.19. The minimum absolute atomic E-state index is 0.0212. The van der Waals surface area contributed by atoms with E-state index in [1.54, 1.807) is 18.2 Å². The van der Waals surface area contributed by atoms with Crippen molar-refractivity contribution in [2.45, 2.75) is 57.9 Å². The van der Waals surface area contributed by atoms with Crippen LogP contribution in [0.25, 0.3) is 11.3 Å². The third-order valence-corrected chi connectivity index (χ3v) is 8.17. The van der Waals surface area contributed by atoms with Crippen LogP contribution in [0.4, 0.5) is 5.69 Å². The predicted molar refractivity (Wildman–Crippen MR) is 128 cm³/mol. The Hall–Kier alpha value is -2.93. The monoisotopic (exact) mass is 451 g/mol. The number of rotatable bonds is 6. The van der Waals surface area contributed by atoms with E-state index in [1.807, 2.05) is 51.1 Å². The highest BCUT2D eigenvalue weighted by Crippen LogP contribution is 2.32. The number of benzene rings is 2. The maximum Gasteiger partial charge on any atom is 0.270 e. The van der Waals surface area contributed by atoms with Crippen molar-refractivity contribution in [3.63, 3.8) is 0 Å². The number of aryl methyl sites for hydroxylation is 2. The van der Waals surface area contributed by atoms with Gasteiger partial charge in [0.15, 0.2) is 0 Å². The van der Waals surface area contributed by atoms with Crippen LogP contribution in [0, 0.1) is 6.92 Å². The summed E-state index contributed by atoms with van der Waals surface area (Å²) >= 11 is 0. The zero-order valence-corrected chi connectivity index (χ0v) is 19.7. The lowest BCUT2D eigenvalue weighted by Crippen LogP contribution is -2.31. The fraction of sp³-hybridized carbons (Fsp3) is 0.360. The summed E-state index contributed by atoms with van der Waals surface area (Å²) in [6, 6.07) is 14.6. The third-order valence-electron chi connectivity index (χ3n) is 6.13. The molecule has 0 saturated heterocycles. The zero-order chi connectivity index (χ0) is 22.9. The Morgan fingerprint density at radius 3 is 2.34 bits per heavy atom. The predicted octanol–water partition coefficient (Wildman–Crippen LogP) is 4.33. The second-order valence-electron chi connectivity index (χ2n) is 8.12. The molecule has 6 nitrogen and oxygen atoms in total. The highest BCUT2D eigenvalue weighted by Gasteiger charge is 2.27. The topological polar surface area (TPSA) is 72.3 Å². The summed E-state index contributed by atoms with van der Waals surface area (Å²) in [4.78, 5) is 13.1. The molecular formula is C25H29N3O3S. The molecule has 0 bridgehead atoms. The van der Waals surface area contributed by atoms with Gasteiger partial charge in [0.2, 0.25) is 0 Å². The van der Waals surface area contributed by atoms with Gasteiger partial charge in [-0.25, -0.2) is 13.1 Å². The van der Waals surface area contributed by atoms with Crippen LogP contribution in [0.5, 0.6) is 0 Å². The SMILES string of the molecule is CCN(c1ccccc1)S(=O)(=O)c1cc(-c2nn(CC)c(=O)c3c2CCCC3)ccc1C. The maximum atomic E-state index is 13.7. The van der Waals surface area contributed by atoms with Crippen LogP contribution < -0.4 is 9.86 Å². The zero-order valence-electron chi connectivity index (χ0n) is 18.8. The Balaban J connectivity index is 1.89. The van der Waals surface area contributed by atoms with Crippen LogP contribution in [-0.2, 0) is 29.4 Å². The first-order chi connectivity index (χ1) is 15.4. The first kappa shape index (κ1) is 22.3. The Bertz CT molecular complexity index is 1300. The van der Waals surface area contributed by atoms with E-state index in [2.05, 4.69) is 5.10 Å². The Kier molecular flexibility index (Phi) is 6.20. The van der Waals surface area contributed by atoms with Crippen LogP contribution in [0.15, 0.2) is 58.2 Å². The first-order valence-electron chi connectivity index (χ1n) is 11.2. The van der Waals surface area contributed by atoms with Crippen molar-refractivity contribution >= 4 is 15.7 Å². The van der Waals surface area contributed by atoms with Crippen molar-refractivity contribution in [1.82, 2.24) is 9.78 Å².